The first-order chi connectivity index (χ1) is 14.4. The van der Waals surface area contributed by atoms with Crippen molar-refractivity contribution in [1.82, 2.24) is 14.9 Å². The molecule has 10 heteroatoms. The van der Waals surface area contributed by atoms with Crippen LogP contribution in [-0.2, 0) is 23.1 Å². The topological polar surface area (TPSA) is 73.8 Å². The molecule has 0 aliphatic carbocycles. The van der Waals surface area contributed by atoms with Crippen LogP contribution < -0.4 is 10.6 Å². The van der Waals surface area contributed by atoms with Crippen molar-refractivity contribution < 1.29 is 17.2 Å². The third kappa shape index (κ3) is 6.84. The molecule has 0 aromatic heterocycles. The van der Waals surface area contributed by atoms with Crippen molar-refractivity contribution in [2.45, 2.75) is 37.2 Å². The van der Waals surface area contributed by atoms with Crippen molar-refractivity contribution in [3.63, 3.8) is 0 Å². The van der Waals surface area contributed by atoms with Crippen LogP contribution in [0.3, 0.4) is 0 Å². The Bertz CT molecular complexity index is 1010. The quantitative estimate of drug-likeness (QED) is 0.320. The van der Waals surface area contributed by atoms with Crippen LogP contribution in [0, 0.1) is 11.6 Å². The zero-order chi connectivity index (χ0) is 21.6. The van der Waals surface area contributed by atoms with Gasteiger partial charge >= 0.3 is 0 Å². The second-order valence-electron chi connectivity index (χ2n) is 7.13. The fourth-order valence-corrected chi connectivity index (χ4v) is 4.92. The molecule has 0 atom stereocenters. The lowest BCUT2D eigenvalue weighted by molar-refractivity contribution is 0.346. The normalized spacial score (nSPS) is 15.3. The van der Waals surface area contributed by atoms with Crippen LogP contribution in [-0.4, -0.2) is 38.8 Å². The van der Waals surface area contributed by atoms with E-state index in [9.17, 15) is 17.2 Å². The Morgan fingerprint density at radius 1 is 1.03 bits per heavy atom. The molecule has 1 heterocycles. The highest BCUT2D eigenvalue weighted by Gasteiger charge is 2.25. The lowest BCUT2D eigenvalue weighted by Gasteiger charge is -2.26. The van der Waals surface area contributed by atoms with E-state index >= 15 is 0 Å². The maximum absolute atomic E-state index is 13.8. The number of rotatable bonds is 6. The summed E-state index contributed by atoms with van der Waals surface area (Å²) in [5.41, 5.74) is 0.959. The van der Waals surface area contributed by atoms with Gasteiger partial charge < -0.3 is 10.6 Å². The highest BCUT2D eigenvalue weighted by atomic mass is 127. The Hall–Kier alpha value is -1.79. The van der Waals surface area contributed by atoms with Gasteiger partial charge in [0.15, 0.2) is 5.96 Å². The van der Waals surface area contributed by atoms with E-state index in [2.05, 4.69) is 15.6 Å². The van der Waals surface area contributed by atoms with Gasteiger partial charge in [-0.3, -0.25) is 4.99 Å². The summed E-state index contributed by atoms with van der Waals surface area (Å²) in [6.45, 7) is 1.50. The summed E-state index contributed by atoms with van der Waals surface area (Å²) in [6.07, 6.45) is 2.82. The Labute approximate surface area is 199 Å². The van der Waals surface area contributed by atoms with Crippen LogP contribution in [0.2, 0.25) is 0 Å². The van der Waals surface area contributed by atoms with Crippen molar-refractivity contribution in [1.29, 1.82) is 0 Å². The molecule has 0 unspecified atom stereocenters. The van der Waals surface area contributed by atoms with Crippen LogP contribution >= 0.6 is 24.0 Å². The van der Waals surface area contributed by atoms with E-state index in [1.54, 1.807) is 25.2 Å². The van der Waals surface area contributed by atoms with Crippen LogP contribution in [0.5, 0.6) is 0 Å². The van der Waals surface area contributed by atoms with E-state index in [1.807, 2.05) is 6.07 Å². The van der Waals surface area contributed by atoms with Gasteiger partial charge in [0.2, 0.25) is 10.0 Å². The summed E-state index contributed by atoms with van der Waals surface area (Å²) in [4.78, 5) is 4.34. The number of hydrogen-bond acceptors (Lipinski definition) is 3. The van der Waals surface area contributed by atoms with Crippen molar-refractivity contribution in [3.05, 3.63) is 65.2 Å². The van der Waals surface area contributed by atoms with Gasteiger partial charge in [-0.1, -0.05) is 18.6 Å². The number of nitrogens with zero attached hydrogens (tertiary/aromatic N) is 2. The molecule has 0 amide bonds. The van der Waals surface area contributed by atoms with E-state index in [0.29, 0.717) is 25.6 Å². The molecule has 0 bridgehead atoms. The zero-order valence-corrected chi connectivity index (χ0v) is 20.4. The first-order valence-electron chi connectivity index (χ1n) is 9.87. The van der Waals surface area contributed by atoms with E-state index in [-0.39, 0.29) is 41.0 Å². The summed E-state index contributed by atoms with van der Waals surface area (Å²) in [6, 6.07) is 10.1. The molecule has 1 saturated heterocycles. The average Bonchev–Trinajstić information content (AvgIpc) is 2.77. The Morgan fingerprint density at radius 2 is 1.74 bits per heavy atom. The molecule has 2 aromatic carbocycles. The van der Waals surface area contributed by atoms with Crippen molar-refractivity contribution in [2.24, 2.45) is 4.99 Å². The first kappa shape index (κ1) is 25.5. The Kier molecular flexibility index (Phi) is 9.63. The summed E-state index contributed by atoms with van der Waals surface area (Å²) < 4.78 is 54.3. The Morgan fingerprint density at radius 3 is 2.45 bits per heavy atom. The van der Waals surface area contributed by atoms with Gasteiger partial charge in [0.05, 0.1) is 4.90 Å². The molecule has 170 valence electrons. The number of sulfonamides is 1. The minimum atomic E-state index is -3.50. The molecule has 0 radical (unpaired) electrons. The smallest absolute Gasteiger partial charge is 0.243 e. The van der Waals surface area contributed by atoms with Crippen molar-refractivity contribution in [2.75, 3.05) is 20.1 Å². The van der Waals surface area contributed by atoms with Gasteiger partial charge in [-0.25, -0.2) is 17.2 Å². The van der Waals surface area contributed by atoms with Gasteiger partial charge in [-0.2, -0.15) is 4.31 Å². The lowest BCUT2D eigenvalue weighted by Crippen LogP contribution is -2.37. The average molecular weight is 564 g/mol. The van der Waals surface area contributed by atoms with Crippen LogP contribution in [0.15, 0.2) is 52.4 Å². The number of hydrogen-bond donors (Lipinski definition) is 2. The maximum Gasteiger partial charge on any atom is 0.243 e. The molecular formula is C21H27F2IN4O2S. The molecule has 6 nitrogen and oxygen atoms in total. The lowest BCUT2D eigenvalue weighted by atomic mass is 10.2. The van der Waals surface area contributed by atoms with Gasteiger partial charge in [0.1, 0.15) is 11.6 Å². The fraction of sp³-hybridized carbons (Fsp3) is 0.381. The predicted molar refractivity (Wildman–Crippen MR) is 128 cm³/mol. The molecule has 2 N–H and O–H groups in total. The molecular weight excluding hydrogens is 537 g/mol. The zero-order valence-electron chi connectivity index (χ0n) is 17.3. The van der Waals surface area contributed by atoms with Gasteiger partial charge in [0.25, 0.3) is 0 Å². The van der Waals surface area contributed by atoms with Crippen LogP contribution in [0.25, 0.3) is 0 Å². The molecule has 2 aromatic rings. The van der Waals surface area contributed by atoms with E-state index < -0.39 is 21.7 Å². The highest BCUT2D eigenvalue weighted by Crippen LogP contribution is 2.21. The monoisotopic (exact) mass is 564 g/mol. The second kappa shape index (κ2) is 11.7. The van der Waals surface area contributed by atoms with Crippen molar-refractivity contribution in [3.8, 4) is 0 Å². The fourth-order valence-electron chi connectivity index (χ4n) is 3.33. The van der Waals surface area contributed by atoms with Crippen LogP contribution in [0.1, 0.15) is 30.4 Å². The second-order valence-corrected chi connectivity index (χ2v) is 9.07. The van der Waals surface area contributed by atoms with Gasteiger partial charge in [-0.15, -0.1) is 24.0 Å². The molecule has 0 saturated carbocycles. The number of halogens is 3. The third-order valence-corrected chi connectivity index (χ3v) is 6.88. The molecule has 1 fully saturated rings. The predicted octanol–water partition coefficient (Wildman–Crippen LogP) is 3.62. The highest BCUT2D eigenvalue weighted by molar-refractivity contribution is 14.0. The number of aliphatic imine (C=N–C) groups is 1. The number of nitrogens with one attached hydrogen (secondary N) is 2. The SMILES string of the molecule is CN=C(NCc1cccc(S(=O)(=O)N2CCCCC2)c1)NCc1cc(F)ccc1F.I. The van der Waals surface area contributed by atoms with E-state index in [0.717, 1.165) is 43.0 Å². The standard InChI is InChI=1S/C21H26F2N4O2S.HI/c1-24-21(26-15-17-13-18(22)8-9-20(17)23)25-14-16-6-5-7-19(12-16)30(28,29)27-10-3-2-4-11-27;/h5-9,12-13H,2-4,10-11,14-15H2,1H3,(H2,24,25,26);1H. The number of piperidine rings is 1. The summed E-state index contributed by atoms with van der Waals surface area (Å²) in [5.74, 6) is -0.624. The van der Waals surface area contributed by atoms with Crippen molar-refractivity contribution >= 4 is 40.0 Å². The van der Waals surface area contributed by atoms with E-state index in [4.69, 9.17) is 0 Å². The summed E-state index contributed by atoms with van der Waals surface area (Å²) >= 11 is 0. The Balaban J connectivity index is 0.00000341. The number of guanidine groups is 1. The first-order valence-corrected chi connectivity index (χ1v) is 11.3. The maximum atomic E-state index is 13.8. The molecule has 0 spiro atoms. The van der Waals surface area contributed by atoms with Gasteiger partial charge in [0, 0.05) is 38.8 Å². The molecule has 31 heavy (non-hydrogen) atoms. The molecule has 1 aliphatic heterocycles. The minimum Gasteiger partial charge on any atom is -0.352 e. The molecule has 3 rings (SSSR count). The largest absolute Gasteiger partial charge is 0.352 e. The summed E-state index contributed by atoms with van der Waals surface area (Å²) in [7, 11) is -1.94. The summed E-state index contributed by atoms with van der Waals surface area (Å²) in [5, 5.41) is 5.99. The third-order valence-electron chi connectivity index (χ3n) is 4.99. The van der Waals surface area contributed by atoms with Crippen LogP contribution in [0.4, 0.5) is 8.78 Å². The molecule has 1 aliphatic rings. The van der Waals surface area contributed by atoms with Gasteiger partial charge in [-0.05, 0) is 48.7 Å². The number of benzene rings is 2. The minimum absolute atomic E-state index is 0. The van der Waals surface area contributed by atoms with E-state index in [1.165, 1.54) is 4.31 Å².